The van der Waals surface area contributed by atoms with Gasteiger partial charge in [0.15, 0.2) is 6.10 Å². The summed E-state index contributed by atoms with van der Waals surface area (Å²) in [6, 6.07) is 3.67. The Kier molecular flexibility index (Phi) is 3.62. The Labute approximate surface area is 86.5 Å². The lowest BCUT2D eigenvalue weighted by Gasteiger charge is -2.13. The van der Waals surface area contributed by atoms with Crippen LogP contribution < -0.4 is 10.5 Å². The predicted molar refractivity (Wildman–Crippen MR) is 51.6 cm³/mol. The number of carbonyl (C=O) groups is 1. The number of primary amides is 1. The zero-order valence-electron chi connectivity index (χ0n) is 8.24. The van der Waals surface area contributed by atoms with Crippen molar-refractivity contribution in [3.63, 3.8) is 0 Å². The molecule has 0 saturated carbocycles. The smallest absolute Gasteiger partial charge is 0.258 e. The SMILES string of the molecule is CC(Oc1ccc(F)cc1CO)C(N)=O. The molecule has 15 heavy (non-hydrogen) atoms. The van der Waals surface area contributed by atoms with Crippen LogP contribution in [0.2, 0.25) is 0 Å². The highest BCUT2D eigenvalue weighted by atomic mass is 19.1. The van der Waals surface area contributed by atoms with Gasteiger partial charge in [0.05, 0.1) is 6.61 Å². The van der Waals surface area contributed by atoms with Gasteiger partial charge in [-0.05, 0) is 25.1 Å². The summed E-state index contributed by atoms with van der Waals surface area (Å²) in [5, 5.41) is 8.93. The van der Waals surface area contributed by atoms with Crippen molar-refractivity contribution in [3.8, 4) is 5.75 Å². The summed E-state index contributed by atoms with van der Waals surface area (Å²) >= 11 is 0. The third-order valence-electron chi connectivity index (χ3n) is 1.90. The third-order valence-corrected chi connectivity index (χ3v) is 1.90. The van der Waals surface area contributed by atoms with Gasteiger partial charge in [0, 0.05) is 5.56 Å². The standard InChI is InChI=1S/C10H12FNO3/c1-6(10(12)14)15-9-3-2-8(11)4-7(9)5-13/h2-4,6,13H,5H2,1H3,(H2,12,14). The first-order valence-corrected chi connectivity index (χ1v) is 4.40. The largest absolute Gasteiger partial charge is 0.481 e. The summed E-state index contributed by atoms with van der Waals surface area (Å²) in [4.78, 5) is 10.7. The monoisotopic (exact) mass is 213 g/mol. The van der Waals surface area contributed by atoms with Crippen molar-refractivity contribution in [1.82, 2.24) is 0 Å². The number of aliphatic hydroxyl groups excluding tert-OH is 1. The highest BCUT2D eigenvalue weighted by Gasteiger charge is 2.13. The second kappa shape index (κ2) is 4.75. The van der Waals surface area contributed by atoms with E-state index in [0.717, 1.165) is 6.07 Å². The number of aliphatic hydroxyl groups is 1. The topological polar surface area (TPSA) is 72.6 Å². The Morgan fingerprint density at radius 1 is 1.67 bits per heavy atom. The van der Waals surface area contributed by atoms with Gasteiger partial charge < -0.3 is 15.6 Å². The van der Waals surface area contributed by atoms with Gasteiger partial charge in [0.25, 0.3) is 5.91 Å². The third kappa shape index (κ3) is 2.92. The molecule has 5 heteroatoms. The fraction of sp³-hybridized carbons (Fsp3) is 0.300. The average Bonchev–Trinajstić information content (AvgIpc) is 2.20. The highest BCUT2D eigenvalue weighted by molar-refractivity contribution is 5.78. The number of rotatable bonds is 4. The minimum absolute atomic E-state index is 0.255. The number of ether oxygens (including phenoxy) is 1. The predicted octanol–water partition coefficient (Wildman–Crippen LogP) is 0.571. The molecule has 3 N–H and O–H groups in total. The van der Waals surface area contributed by atoms with E-state index >= 15 is 0 Å². The number of benzene rings is 1. The van der Waals surface area contributed by atoms with E-state index in [9.17, 15) is 9.18 Å². The molecule has 1 aromatic carbocycles. The molecule has 1 amide bonds. The number of halogens is 1. The van der Waals surface area contributed by atoms with Crippen molar-refractivity contribution in [3.05, 3.63) is 29.6 Å². The van der Waals surface area contributed by atoms with Gasteiger partial charge in [-0.25, -0.2) is 4.39 Å². The Morgan fingerprint density at radius 3 is 2.87 bits per heavy atom. The van der Waals surface area contributed by atoms with Crippen LogP contribution in [0.4, 0.5) is 4.39 Å². The fourth-order valence-corrected chi connectivity index (χ4v) is 1.04. The Morgan fingerprint density at radius 2 is 2.33 bits per heavy atom. The van der Waals surface area contributed by atoms with E-state index in [-0.39, 0.29) is 17.9 Å². The van der Waals surface area contributed by atoms with Gasteiger partial charge in [-0.2, -0.15) is 0 Å². The van der Waals surface area contributed by atoms with Crippen LogP contribution in [0.25, 0.3) is 0 Å². The van der Waals surface area contributed by atoms with E-state index in [0.29, 0.717) is 0 Å². The van der Waals surface area contributed by atoms with Crippen LogP contribution in [0.1, 0.15) is 12.5 Å². The lowest BCUT2D eigenvalue weighted by Crippen LogP contribution is -2.30. The first-order valence-electron chi connectivity index (χ1n) is 4.40. The van der Waals surface area contributed by atoms with Crippen LogP contribution in [-0.4, -0.2) is 17.1 Å². The molecule has 1 rings (SSSR count). The number of nitrogens with two attached hydrogens (primary N) is 1. The summed E-state index contributed by atoms with van der Waals surface area (Å²) in [5.74, 6) is -0.841. The zero-order valence-corrected chi connectivity index (χ0v) is 8.24. The van der Waals surface area contributed by atoms with Crippen molar-refractivity contribution in [1.29, 1.82) is 0 Å². The van der Waals surface area contributed by atoms with E-state index in [1.807, 2.05) is 0 Å². The molecule has 0 aliphatic carbocycles. The number of carbonyl (C=O) groups excluding carboxylic acids is 1. The lowest BCUT2D eigenvalue weighted by atomic mass is 10.2. The van der Waals surface area contributed by atoms with Crippen molar-refractivity contribution in [2.45, 2.75) is 19.6 Å². The van der Waals surface area contributed by atoms with E-state index in [1.54, 1.807) is 0 Å². The highest BCUT2D eigenvalue weighted by Crippen LogP contribution is 2.20. The van der Waals surface area contributed by atoms with E-state index < -0.39 is 17.8 Å². The molecule has 0 bridgehead atoms. The van der Waals surface area contributed by atoms with Crippen LogP contribution in [-0.2, 0) is 11.4 Å². The molecule has 0 fully saturated rings. The van der Waals surface area contributed by atoms with Crippen LogP contribution in [0.3, 0.4) is 0 Å². The van der Waals surface area contributed by atoms with E-state index in [2.05, 4.69) is 0 Å². The summed E-state index contributed by atoms with van der Waals surface area (Å²) in [5.41, 5.74) is 5.29. The number of hydrogen-bond acceptors (Lipinski definition) is 3. The minimum atomic E-state index is -0.819. The van der Waals surface area contributed by atoms with Gasteiger partial charge in [0.2, 0.25) is 0 Å². The molecule has 0 spiro atoms. The molecule has 4 nitrogen and oxygen atoms in total. The van der Waals surface area contributed by atoms with E-state index in [4.69, 9.17) is 15.6 Å². The van der Waals surface area contributed by atoms with Crippen molar-refractivity contribution >= 4 is 5.91 Å². The summed E-state index contributed by atoms with van der Waals surface area (Å²) in [6.45, 7) is 1.12. The van der Waals surface area contributed by atoms with Crippen molar-refractivity contribution in [2.75, 3.05) is 0 Å². The molecule has 0 aliphatic heterocycles. The maximum absolute atomic E-state index is 12.8. The van der Waals surface area contributed by atoms with Crippen LogP contribution >= 0.6 is 0 Å². The van der Waals surface area contributed by atoms with Gasteiger partial charge in [0.1, 0.15) is 11.6 Å². The van der Waals surface area contributed by atoms with Crippen LogP contribution in [0.15, 0.2) is 18.2 Å². The molecule has 0 aromatic heterocycles. The van der Waals surface area contributed by atoms with Crippen LogP contribution in [0, 0.1) is 5.82 Å². The molecular formula is C10H12FNO3. The number of amides is 1. The zero-order chi connectivity index (χ0) is 11.4. The van der Waals surface area contributed by atoms with Gasteiger partial charge >= 0.3 is 0 Å². The first-order chi connectivity index (χ1) is 7.04. The maximum atomic E-state index is 12.8. The Balaban J connectivity index is 2.89. The molecular weight excluding hydrogens is 201 g/mol. The maximum Gasteiger partial charge on any atom is 0.258 e. The van der Waals surface area contributed by atoms with Crippen LogP contribution in [0.5, 0.6) is 5.75 Å². The second-order valence-corrected chi connectivity index (χ2v) is 3.07. The quantitative estimate of drug-likeness (QED) is 0.768. The average molecular weight is 213 g/mol. The normalized spacial score (nSPS) is 12.2. The molecule has 1 unspecified atom stereocenters. The molecule has 0 radical (unpaired) electrons. The molecule has 0 saturated heterocycles. The number of hydrogen-bond donors (Lipinski definition) is 2. The molecule has 0 heterocycles. The Bertz CT molecular complexity index is 368. The first kappa shape index (κ1) is 11.5. The lowest BCUT2D eigenvalue weighted by molar-refractivity contribution is -0.124. The van der Waals surface area contributed by atoms with Gasteiger partial charge in [-0.3, -0.25) is 4.79 Å². The van der Waals surface area contributed by atoms with E-state index in [1.165, 1.54) is 19.1 Å². The molecule has 0 aliphatic rings. The molecule has 1 aromatic rings. The second-order valence-electron chi connectivity index (χ2n) is 3.07. The van der Waals surface area contributed by atoms with Crippen molar-refractivity contribution in [2.24, 2.45) is 5.73 Å². The summed E-state index contributed by atoms with van der Waals surface area (Å²) in [7, 11) is 0. The molecule has 82 valence electrons. The Hall–Kier alpha value is -1.62. The van der Waals surface area contributed by atoms with Gasteiger partial charge in [-0.15, -0.1) is 0 Å². The molecule has 1 atom stereocenters. The summed E-state index contributed by atoms with van der Waals surface area (Å²) in [6.07, 6.45) is -0.819. The van der Waals surface area contributed by atoms with Crippen molar-refractivity contribution < 1.29 is 19.0 Å². The summed E-state index contributed by atoms with van der Waals surface area (Å²) < 4.78 is 17.9. The minimum Gasteiger partial charge on any atom is -0.481 e. The fourth-order valence-electron chi connectivity index (χ4n) is 1.04. The van der Waals surface area contributed by atoms with Gasteiger partial charge in [-0.1, -0.05) is 0 Å².